The molecule has 0 aromatic heterocycles. The number of hydrogen-bond donors (Lipinski definition) is 4. The SMILES string of the molecule is CSc1cccc(NC(=O)OC2CCC3(C)C(CC(=O)NCc4ccc5c(c4)OCO5)C(O)CCC3C2(C)CO)c1. The maximum absolute atomic E-state index is 13.1. The van der Waals surface area contributed by atoms with Crippen molar-refractivity contribution in [1.29, 1.82) is 0 Å². The van der Waals surface area contributed by atoms with E-state index in [0.29, 0.717) is 49.4 Å². The molecule has 10 heteroatoms. The molecule has 2 saturated carbocycles. The van der Waals surface area contributed by atoms with E-state index in [-0.39, 0.29) is 37.6 Å². The summed E-state index contributed by atoms with van der Waals surface area (Å²) in [4.78, 5) is 27.1. The van der Waals surface area contributed by atoms with Crippen LogP contribution in [0.25, 0.3) is 0 Å². The summed E-state index contributed by atoms with van der Waals surface area (Å²) < 4.78 is 16.7. The van der Waals surface area contributed by atoms with E-state index in [4.69, 9.17) is 14.2 Å². The van der Waals surface area contributed by atoms with Gasteiger partial charge in [0.15, 0.2) is 11.5 Å². The second-order valence-corrected chi connectivity index (χ2v) is 12.8. The van der Waals surface area contributed by atoms with E-state index in [9.17, 15) is 19.8 Å². The number of amides is 2. The van der Waals surface area contributed by atoms with E-state index in [1.165, 1.54) is 0 Å². The number of nitrogens with one attached hydrogen (secondary N) is 2. The van der Waals surface area contributed by atoms with Gasteiger partial charge in [-0.15, -0.1) is 11.8 Å². The number of benzene rings is 2. The maximum Gasteiger partial charge on any atom is 0.411 e. The summed E-state index contributed by atoms with van der Waals surface area (Å²) in [5.74, 6) is 0.899. The molecular weight excluding hydrogens is 544 g/mol. The molecule has 0 spiro atoms. The Bertz CT molecular complexity index is 1270. The summed E-state index contributed by atoms with van der Waals surface area (Å²) in [5, 5.41) is 27.6. The summed E-state index contributed by atoms with van der Waals surface area (Å²) in [7, 11) is 0. The Morgan fingerprint density at radius 3 is 2.68 bits per heavy atom. The summed E-state index contributed by atoms with van der Waals surface area (Å²) in [5.41, 5.74) is 0.432. The average Bonchev–Trinajstić information content (AvgIpc) is 3.43. The van der Waals surface area contributed by atoms with E-state index in [2.05, 4.69) is 17.6 Å². The number of anilines is 1. The van der Waals surface area contributed by atoms with E-state index in [1.54, 1.807) is 11.8 Å². The van der Waals surface area contributed by atoms with Gasteiger partial charge in [0.1, 0.15) is 6.10 Å². The molecule has 2 amide bonds. The largest absolute Gasteiger partial charge is 0.454 e. The predicted octanol–water partition coefficient (Wildman–Crippen LogP) is 4.95. The number of aliphatic hydroxyl groups excluding tert-OH is 2. The van der Waals surface area contributed by atoms with Crippen LogP contribution in [0.15, 0.2) is 47.4 Å². The topological polar surface area (TPSA) is 126 Å². The number of thioether (sulfide) groups is 1. The summed E-state index contributed by atoms with van der Waals surface area (Å²) in [6.07, 6.45) is 2.89. The number of fused-ring (bicyclic) bond motifs is 2. The van der Waals surface area contributed by atoms with E-state index in [0.717, 1.165) is 10.5 Å². The molecule has 2 fully saturated rings. The van der Waals surface area contributed by atoms with Gasteiger partial charge in [-0.05, 0) is 85.1 Å². The van der Waals surface area contributed by atoms with Gasteiger partial charge < -0.3 is 29.7 Å². The van der Waals surface area contributed by atoms with Crippen LogP contribution < -0.4 is 20.1 Å². The van der Waals surface area contributed by atoms with Crippen LogP contribution in [0.5, 0.6) is 11.5 Å². The third kappa shape index (κ3) is 6.01. The van der Waals surface area contributed by atoms with Crippen LogP contribution in [-0.2, 0) is 16.1 Å². The van der Waals surface area contributed by atoms with Crippen molar-refractivity contribution in [2.75, 3.05) is 25.0 Å². The standard InChI is InChI=1S/C31H40N2O7S/c1-30-12-11-27(40-29(37)33-20-5-4-6-21(14-20)41-3)31(2,17-34)26(30)10-8-23(35)22(30)15-28(36)32-16-19-7-9-24-25(13-19)39-18-38-24/h4-7,9,13-14,22-23,26-27,34-35H,8,10-12,15-18H2,1-3H3,(H,32,36)(H,33,37). The van der Waals surface area contributed by atoms with Crippen LogP contribution in [-0.4, -0.2) is 54.1 Å². The molecule has 6 unspecified atom stereocenters. The van der Waals surface area contributed by atoms with Crippen LogP contribution in [0.4, 0.5) is 10.5 Å². The lowest BCUT2D eigenvalue weighted by atomic mass is 9.46. The van der Waals surface area contributed by atoms with Gasteiger partial charge in [-0.1, -0.05) is 26.0 Å². The van der Waals surface area contributed by atoms with Gasteiger partial charge in [-0.25, -0.2) is 4.79 Å². The van der Waals surface area contributed by atoms with Gasteiger partial charge in [-0.2, -0.15) is 0 Å². The van der Waals surface area contributed by atoms with Crippen LogP contribution in [0.2, 0.25) is 0 Å². The maximum atomic E-state index is 13.1. The molecule has 6 atom stereocenters. The van der Waals surface area contributed by atoms with Gasteiger partial charge in [0.25, 0.3) is 0 Å². The normalized spacial score (nSPS) is 30.3. The molecule has 9 nitrogen and oxygen atoms in total. The molecule has 2 aliphatic carbocycles. The summed E-state index contributed by atoms with van der Waals surface area (Å²) in [6.45, 7) is 4.47. The second kappa shape index (κ2) is 12.1. The molecular formula is C31H40N2O7S. The zero-order chi connectivity index (χ0) is 29.2. The van der Waals surface area contributed by atoms with E-state index >= 15 is 0 Å². The Labute approximate surface area is 245 Å². The molecule has 4 N–H and O–H groups in total. The Morgan fingerprint density at radius 1 is 1.10 bits per heavy atom. The van der Waals surface area contributed by atoms with Crippen LogP contribution in [0, 0.1) is 22.7 Å². The minimum atomic E-state index is -0.715. The fourth-order valence-electron chi connectivity index (χ4n) is 7.28. The Balaban J connectivity index is 1.24. The first-order valence-electron chi connectivity index (χ1n) is 14.2. The molecule has 3 aliphatic rings. The lowest BCUT2D eigenvalue weighted by Gasteiger charge is -2.60. The van der Waals surface area contributed by atoms with Gasteiger partial charge in [0, 0.05) is 29.0 Å². The van der Waals surface area contributed by atoms with Crippen molar-refractivity contribution in [3.8, 4) is 11.5 Å². The van der Waals surface area contributed by atoms with Crippen molar-refractivity contribution in [1.82, 2.24) is 5.32 Å². The van der Waals surface area contributed by atoms with Gasteiger partial charge in [0.05, 0.1) is 12.7 Å². The van der Waals surface area contributed by atoms with Crippen molar-refractivity contribution in [2.45, 2.75) is 69.6 Å². The molecule has 1 aliphatic heterocycles. The summed E-state index contributed by atoms with van der Waals surface area (Å²) in [6, 6.07) is 13.1. The number of hydrogen-bond acceptors (Lipinski definition) is 8. The van der Waals surface area contributed by atoms with Crippen molar-refractivity contribution in [3.63, 3.8) is 0 Å². The second-order valence-electron chi connectivity index (χ2n) is 11.9. The molecule has 1 heterocycles. The third-order valence-corrected chi connectivity index (χ3v) is 10.3. The van der Waals surface area contributed by atoms with Crippen molar-refractivity contribution in [2.24, 2.45) is 22.7 Å². The van der Waals surface area contributed by atoms with E-state index < -0.39 is 29.1 Å². The number of carbonyl (C=O) groups excluding carboxylic acids is 2. The first-order valence-corrected chi connectivity index (χ1v) is 15.4. The highest BCUT2D eigenvalue weighted by Crippen LogP contribution is 2.61. The number of carbonyl (C=O) groups is 2. The van der Waals surface area contributed by atoms with E-state index in [1.807, 2.05) is 55.6 Å². The van der Waals surface area contributed by atoms with Gasteiger partial charge in [-0.3, -0.25) is 10.1 Å². The lowest BCUT2D eigenvalue weighted by Crippen LogP contribution is -2.61. The average molecular weight is 585 g/mol. The molecule has 2 aromatic rings. The fourth-order valence-corrected chi connectivity index (χ4v) is 7.74. The minimum Gasteiger partial charge on any atom is -0.454 e. The molecule has 0 radical (unpaired) electrons. The highest BCUT2D eigenvalue weighted by atomic mass is 32.2. The predicted molar refractivity (Wildman–Crippen MR) is 156 cm³/mol. The van der Waals surface area contributed by atoms with Crippen molar-refractivity contribution < 1.29 is 34.0 Å². The first kappa shape index (κ1) is 29.5. The molecule has 0 bridgehead atoms. The third-order valence-electron chi connectivity index (χ3n) is 9.57. The Kier molecular flexibility index (Phi) is 8.73. The number of aliphatic hydroxyl groups is 2. The highest BCUT2D eigenvalue weighted by Gasteiger charge is 2.60. The zero-order valence-electron chi connectivity index (χ0n) is 23.9. The minimum absolute atomic E-state index is 0.0403. The van der Waals surface area contributed by atoms with Crippen molar-refractivity contribution >= 4 is 29.4 Å². The van der Waals surface area contributed by atoms with Gasteiger partial charge in [0.2, 0.25) is 12.7 Å². The monoisotopic (exact) mass is 584 g/mol. The highest BCUT2D eigenvalue weighted by molar-refractivity contribution is 7.98. The fraction of sp³-hybridized carbons (Fsp3) is 0.548. The lowest BCUT2D eigenvalue weighted by molar-refractivity contribution is -0.185. The Hall–Kier alpha value is -2.95. The molecule has 2 aromatic carbocycles. The van der Waals surface area contributed by atoms with Crippen LogP contribution >= 0.6 is 11.8 Å². The van der Waals surface area contributed by atoms with Gasteiger partial charge >= 0.3 is 6.09 Å². The van der Waals surface area contributed by atoms with Crippen molar-refractivity contribution in [3.05, 3.63) is 48.0 Å². The van der Waals surface area contributed by atoms with Crippen LogP contribution in [0.3, 0.4) is 0 Å². The number of ether oxygens (including phenoxy) is 3. The molecule has 222 valence electrons. The summed E-state index contributed by atoms with van der Waals surface area (Å²) >= 11 is 1.59. The molecule has 0 saturated heterocycles. The smallest absolute Gasteiger partial charge is 0.411 e. The quantitative estimate of drug-likeness (QED) is 0.321. The zero-order valence-corrected chi connectivity index (χ0v) is 24.7. The number of rotatable bonds is 8. The molecule has 5 rings (SSSR count). The van der Waals surface area contributed by atoms with Crippen LogP contribution in [0.1, 0.15) is 51.5 Å². The first-order chi connectivity index (χ1) is 19.7. The Morgan fingerprint density at radius 2 is 1.90 bits per heavy atom. The molecule has 41 heavy (non-hydrogen) atoms.